The number of nitrogens with zero attached hydrogens (tertiary/aromatic N) is 4. The van der Waals surface area contributed by atoms with Crippen LogP contribution in [0, 0.1) is 6.92 Å². The van der Waals surface area contributed by atoms with Crippen LogP contribution in [-0.2, 0) is 0 Å². The lowest BCUT2D eigenvalue weighted by atomic mass is 10.0. The first kappa shape index (κ1) is 17.1. The molecule has 1 aromatic carbocycles. The summed E-state index contributed by atoms with van der Waals surface area (Å²) in [4.78, 5) is 18.2. The van der Waals surface area contributed by atoms with Gasteiger partial charge in [0.25, 0.3) is 0 Å². The molecule has 0 atom stereocenters. The van der Waals surface area contributed by atoms with E-state index >= 15 is 0 Å². The highest BCUT2D eigenvalue weighted by molar-refractivity contribution is 7.17. The molecule has 3 aromatic heterocycles. The summed E-state index contributed by atoms with van der Waals surface area (Å²) in [6.07, 6.45) is 5.66. The van der Waals surface area contributed by atoms with Crippen LogP contribution < -0.4 is 14.8 Å². The number of benzene rings is 1. The fourth-order valence-corrected chi connectivity index (χ4v) is 4.72. The van der Waals surface area contributed by atoms with Crippen LogP contribution in [0.2, 0.25) is 0 Å². The number of pyridine rings is 1. The Labute approximate surface area is 168 Å². The monoisotopic (exact) mass is 388 g/mol. The number of rotatable bonds is 3. The zero-order valence-electron chi connectivity index (χ0n) is 15.8. The van der Waals surface area contributed by atoms with Crippen molar-refractivity contribution in [2.75, 3.05) is 36.0 Å². The molecule has 28 heavy (non-hydrogen) atoms. The Bertz CT molecular complexity index is 1080. The molecule has 0 bridgehead atoms. The summed E-state index contributed by atoms with van der Waals surface area (Å²) in [6.45, 7) is 6.00. The van der Waals surface area contributed by atoms with Crippen LogP contribution >= 0.6 is 11.3 Å². The molecule has 1 aliphatic rings. The Morgan fingerprint density at radius 3 is 2.36 bits per heavy atom. The molecular formula is C22H22N5S+. The quantitative estimate of drug-likeness (QED) is 0.535. The normalized spacial score (nSPS) is 14.6. The highest BCUT2D eigenvalue weighted by atomic mass is 32.1. The Hall–Kier alpha value is -2.99. The first-order valence-corrected chi connectivity index (χ1v) is 10.4. The van der Waals surface area contributed by atoms with E-state index in [0.717, 1.165) is 36.8 Å². The lowest BCUT2D eigenvalue weighted by molar-refractivity contribution is -0.377. The molecule has 140 valence electrons. The van der Waals surface area contributed by atoms with Crippen LogP contribution in [0.4, 0.5) is 11.5 Å². The van der Waals surface area contributed by atoms with Crippen molar-refractivity contribution in [2.45, 2.75) is 6.92 Å². The van der Waals surface area contributed by atoms with Gasteiger partial charge in [0, 0.05) is 54.9 Å². The summed E-state index contributed by atoms with van der Waals surface area (Å²) in [5.74, 6) is 1.06. The van der Waals surface area contributed by atoms with Crippen molar-refractivity contribution in [2.24, 2.45) is 0 Å². The van der Waals surface area contributed by atoms with Crippen LogP contribution in [0.15, 0.2) is 60.5 Å². The number of aryl methyl sites for hydroxylation is 1. The van der Waals surface area contributed by atoms with E-state index in [4.69, 9.17) is 4.98 Å². The summed E-state index contributed by atoms with van der Waals surface area (Å²) in [5, 5.41) is 3.39. The number of aromatic amines is 1. The summed E-state index contributed by atoms with van der Waals surface area (Å²) in [7, 11) is 0. The van der Waals surface area contributed by atoms with E-state index in [1.165, 1.54) is 27.8 Å². The molecule has 0 amide bonds. The summed E-state index contributed by atoms with van der Waals surface area (Å²) in [5.41, 5.74) is 5.00. The van der Waals surface area contributed by atoms with E-state index in [-0.39, 0.29) is 0 Å². The Morgan fingerprint density at radius 1 is 0.893 bits per heavy atom. The van der Waals surface area contributed by atoms with Gasteiger partial charge < -0.3 is 9.80 Å². The zero-order chi connectivity index (χ0) is 18.9. The fourth-order valence-electron chi connectivity index (χ4n) is 3.81. The topological polar surface area (TPSA) is 46.4 Å². The van der Waals surface area contributed by atoms with Crippen LogP contribution in [0.1, 0.15) is 5.56 Å². The van der Waals surface area contributed by atoms with Gasteiger partial charge in [-0.25, -0.2) is 15.0 Å². The largest absolute Gasteiger partial charge is 0.368 e. The number of piperazine rings is 1. The summed E-state index contributed by atoms with van der Waals surface area (Å²) in [6, 6.07) is 13.0. The van der Waals surface area contributed by atoms with E-state index in [1.54, 1.807) is 17.7 Å². The molecule has 1 aliphatic heterocycles. The van der Waals surface area contributed by atoms with Gasteiger partial charge in [-0.05, 0) is 12.5 Å². The number of aromatic nitrogens is 3. The molecule has 4 aromatic rings. The number of fused-ring (bicyclic) bond motifs is 1. The predicted molar refractivity (Wildman–Crippen MR) is 115 cm³/mol. The number of anilines is 2. The molecule has 5 nitrogen and oxygen atoms in total. The van der Waals surface area contributed by atoms with Gasteiger partial charge in [-0.3, -0.25) is 0 Å². The van der Waals surface area contributed by atoms with E-state index < -0.39 is 0 Å². The molecule has 1 N–H and O–H groups in total. The average molecular weight is 389 g/mol. The standard InChI is InChI=1S/C22H21N5S/c1-16-2-4-17(5-3-16)19-14-28-22-20(19)21(24-15-25-22)27-12-10-26(11-13-27)18-6-8-23-9-7-18/h2-9,14-15H,10-13H2,1H3/p+1. The highest BCUT2D eigenvalue weighted by Crippen LogP contribution is 2.38. The molecule has 1 saturated heterocycles. The molecular weight excluding hydrogens is 366 g/mol. The summed E-state index contributed by atoms with van der Waals surface area (Å²) >= 11 is 1.70. The van der Waals surface area contributed by atoms with Crippen molar-refractivity contribution in [3.05, 3.63) is 66.1 Å². The van der Waals surface area contributed by atoms with Gasteiger partial charge in [0.05, 0.1) is 5.39 Å². The highest BCUT2D eigenvalue weighted by Gasteiger charge is 2.22. The first-order valence-electron chi connectivity index (χ1n) is 9.55. The molecule has 0 spiro atoms. The predicted octanol–water partition coefficient (Wildman–Crippen LogP) is 3.81. The van der Waals surface area contributed by atoms with Gasteiger partial charge >= 0.3 is 0 Å². The minimum absolute atomic E-state index is 0.952. The Morgan fingerprint density at radius 2 is 1.61 bits per heavy atom. The second-order valence-electron chi connectivity index (χ2n) is 7.13. The lowest BCUT2D eigenvalue weighted by Crippen LogP contribution is -2.47. The van der Waals surface area contributed by atoms with Crippen molar-refractivity contribution in [1.29, 1.82) is 0 Å². The second-order valence-corrected chi connectivity index (χ2v) is 7.98. The molecule has 0 radical (unpaired) electrons. The maximum Gasteiger partial charge on any atom is 0.169 e. The summed E-state index contributed by atoms with van der Waals surface area (Å²) < 4.78 is 0. The lowest BCUT2D eigenvalue weighted by Gasteiger charge is -2.36. The zero-order valence-corrected chi connectivity index (χ0v) is 16.6. The van der Waals surface area contributed by atoms with Crippen molar-refractivity contribution in [3.8, 4) is 11.1 Å². The van der Waals surface area contributed by atoms with Crippen LogP contribution in [0.5, 0.6) is 0 Å². The van der Waals surface area contributed by atoms with Gasteiger partial charge in [0.15, 0.2) is 12.4 Å². The molecule has 6 heteroatoms. The Kier molecular flexibility index (Phi) is 4.41. The van der Waals surface area contributed by atoms with Gasteiger partial charge in [-0.1, -0.05) is 29.8 Å². The number of thiophene rings is 1. The molecule has 1 fully saturated rings. The van der Waals surface area contributed by atoms with Gasteiger partial charge in [-0.15, -0.1) is 11.3 Å². The first-order chi connectivity index (χ1) is 13.8. The third kappa shape index (κ3) is 3.10. The van der Waals surface area contributed by atoms with E-state index in [1.807, 2.05) is 12.4 Å². The van der Waals surface area contributed by atoms with E-state index in [9.17, 15) is 0 Å². The Balaban J connectivity index is 1.47. The number of H-pyrrole nitrogens is 1. The van der Waals surface area contributed by atoms with Gasteiger partial charge in [0.1, 0.15) is 17.0 Å². The average Bonchev–Trinajstić information content (AvgIpc) is 3.19. The minimum Gasteiger partial charge on any atom is -0.368 e. The van der Waals surface area contributed by atoms with E-state index in [2.05, 4.69) is 68.5 Å². The van der Waals surface area contributed by atoms with Crippen molar-refractivity contribution in [3.63, 3.8) is 0 Å². The second kappa shape index (κ2) is 7.20. The molecule has 4 heterocycles. The number of hydrogen-bond donors (Lipinski definition) is 0. The molecule has 0 saturated carbocycles. The fraction of sp³-hybridized carbons (Fsp3) is 0.227. The van der Waals surface area contributed by atoms with Gasteiger partial charge in [-0.2, -0.15) is 0 Å². The third-order valence-corrected chi connectivity index (χ3v) is 6.24. The molecule has 0 aliphatic carbocycles. The molecule has 5 rings (SSSR count). The van der Waals surface area contributed by atoms with Crippen LogP contribution in [-0.4, -0.2) is 36.1 Å². The number of hydrogen-bond acceptors (Lipinski definition) is 5. The van der Waals surface area contributed by atoms with Crippen molar-refractivity contribution in [1.82, 2.24) is 9.97 Å². The van der Waals surface area contributed by atoms with E-state index in [0.29, 0.717) is 0 Å². The van der Waals surface area contributed by atoms with Crippen molar-refractivity contribution >= 4 is 33.1 Å². The number of nitrogens with one attached hydrogen (secondary N) is 1. The van der Waals surface area contributed by atoms with Gasteiger partial charge in [0.2, 0.25) is 0 Å². The molecule has 0 unspecified atom stereocenters. The van der Waals surface area contributed by atoms with Crippen molar-refractivity contribution < 1.29 is 4.98 Å². The minimum atomic E-state index is 0.952. The maximum absolute atomic E-state index is 4.70. The third-order valence-electron chi connectivity index (χ3n) is 5.36. The SMILES string of the molecule is Cc1ccc(-c2csc3ncnc(N4CCN(c5cc[nH+]cc5)CC4)c23)cc1. The van der Waals surface area contributed by atoms with Crippen LogP contribution in [0.25, 0.3) is 21.3 Å². The van der Waals surface area contributed by atoms with Crippen LogP contribution in [0.3, 0.4) is 0 Å². The smallest absolute Gasteiger partial charge is 0.169 e. The maximum atomic E-state index is 4.70.